The number of nitrogens with one attached hydrogen (secondary N) is 2. The molecule has 5 nitrogen and oxygen atoms in total. The second-order valence-corrected chi connectivity index (χ2v) is 6.58. The number of nitrogens with zero attached hydrogens (tertiary/aromatic N) is 1. The number of likely N-dealkylation sites (tertiary alicyclic amines) is 1. The van der Waals surface area contributed by atoms with Crippen LogP contribution in [-0.4, -0.2) is 49.4 Å². The molecule has 1 aromatic rings. The van der Waals surface area contributed by atoms with Gasteiger partial charge in [0.1, 0.15) is 0 Å². The molecule has 0 atom stereocenters. The van der Waals surface area contributed by atoms with Crippen LogP contribution in [0, 0.1) is 5.92 Å². The Balaban J connectivity index is 0.00000208. The number of hydrogen-bond acceptors (Lipinski definition) is 3. The van der Waals surface area contributed by atoms with Gasteiger partial charge < -0.3 is 15.5 Å². The first-order valence-electron chi connectivity index (χ1n) is 8.52. The molecule has 3 rings (SSSR count). The third-order valence-electron chi connectivity index (χ3n) is 4.77. The van der Waals surface area contributed by atoms with Crippen molar-refractivity contribution in [2.45, 2.75) is 31.7 Å². The largest absolute Gasteiger partial charge is 0.355 e. The second-order valence-electron chi connectivity index (χ2n) is 6.58. The lowest BCUT2D eigenvalue weighted by Gasteiger charge is -2.32. The lowest BCUT2D eigenvalue weighted by Crippen LogP contribution is -2.45. The fraction of sp³-hybridized carbons (Fsp3) is 0.556. The van der Waals surface area contributed by atoms with E-state index >= 15 is 0 Å². The van der Waals surface area contributed by atoms with E-state index in [1.54, 1.807) is 31.3 Å². The van der Waals surface area contributed by atoms with Crippen LogP contribution in [0.15, 0.2) is 24.3 Å². The molecule has 1 aromatic carbocycles. The van der Waals surface area contributed by atoms with Crippen molar-refractivity contribution in [2.75, 3.05) is 26.7 Å². The number of carbonyl (C=O) groups excluding carboxylic acids is 2. The van der Waals surface area contributed by atoms with E-state index in [9.17, 15) is 9.59 Å². The molecule has 132 valence electrons. The lowest BCUT2D eigenvalue weighted by atomic mass is 10.0. The SMILES string of the molecule is CNC(=O)c1cccc(C(=O)N2CCC(NCC3CC3)CC2)c1.Cl. The number of hydrogen-bond donors (Lipinski definition) is 2. The molecule has 1 saturated heterocycles. The summed E-state index contributed by atoms with van der Waals surface area (Å²) in [6, 6.07) is 7.49. The zero-order chi connectivity index (χ0) is 16.2. The van der Waals surface area contributed by atoms with Crippen LogP contribution in [0.5, 0.6) is 0 Å². The molecule has 0 bridgehead atoms. The van der Waals surface area contributed by atoms with E-state index in [1.165, 1.54) is 12.8 Å². The summed E-state index contributed by atoms with van der Waals surface area (Å²) in [5.41, 5.74) is 1.12. The highest BCUT2D eigenvalue weighted by atomic mass is 35.5. The highest BCUT2D eigenvalue weighted by Crippen LogP contribution is 2.28. The van der Waals surface area contributed by atoms with Crippen molar-refractivity contribution < 1.29 is 9.59 Å². The maximum absolute atomic E-state index is 12.6. The number of rotatable bonds is 5. The van der Waals surface area contributed by atoms with Crippen molar-refractivity contribution >= 4 is 24.2 Å². The van der Waals surface area contributed by atoms with Crippen LogP contribution in [0.4, 0.5) is 0 Å². The molecule has 2 amide bonds. The van der Waals surface area contributed by atoms with Gasteiger partial charge >= 0.3 is 0 Å². The molecule has 0 unspecified atom stereocenters. The molecule has 6 heteroatoms. The fourth-order valence-electron chi connectivity index (χ4n) is 3.06. The van der Waals surface area contributed by atoms with Gasteiger partial charge in [-0.1, -0.05) is 6.07 Å². The van der Waals surface area contributed by atoms with Gasteiger partial charge in [-0.15, -0.1) is 12.4 Å². The van der Waals surface area contributed by atoms with Crippen LogP contribution in [0.25, 0.3) is 0 Å². The van der Waals surface area contributed by atoms with E-state index < -0.39 is 0 Å². The Hall–Kier alpha value is -1.59. The van der Waals surface area contributed by atoms with Crippen molar-refractivity contribution in [3.63, 3.8) is 0 Å². The van der Waals surface area contributed by atoms with Crippen molar-refractivity contribution in [2.24, 2.45) is 5.92 Å². The van der Waals surface area contributed by atoms with Gasteiger partial charge in [-0.25, -0.2) is 0 Å². The summed E-state index contributed by atoms with van der Waals surface area (Å²) in [6.45, 7) is 2.70. The van der Waals surface area contributed by atoms with E-state index in [-0.39, 0.29) is 24.2 Å². The van der Waals surface area contributed by atoms with Gasteiger partial charge in [0.05, 0.1) is 0 Å². The Morgan fingerprint density at radius 3 is 2.42 bits per heavy atom. The summed E-state index contributed by atoms with van der Waals surface area (Å²) in [5.74, 6) is 0.751. The minimum Gasteiger partial charge on any atom is -0.355 e. The molecule has 2 N–H and O–H groups in total. The number of piperidine rings is 1. The molecule has 0 spiro atoms. The zero-order valence-electron chi connectivity index (χ0n) is 14.1. The topological polar surface area (TPSA) is 61.4 Å². The van der Waals surface area contributed by atoms with Gasteiger partial charge in [-0.3, -0.25) is 9.59 Å². The number of amides is 2. The Labute approximate surface area is 149 Å². The van der Waals surface area contributed by atoms with Gasteiger partial charge in [0, 0.05) is 37.3 Å². The van der Waals surface area contributed by atoms with Gasteiger partial charge in [0.15, 0.2) is 0 Å². The molecule has 24 heavy (non-hydrogen) atoms. The van der Waals surface area contributed by atoms with Crippen LogP contribution in [0.2, 0.25) is 0 Å². The predicted octanol–water partition coefficient (Wildman–Crippen LogP) is 2.07. The van der Waals surface area contributed by atoms with Crippen LogP contribution in [-0.2, 0) is 0 Å². The summed E-state index contributed by atoms with van der Waals surface area (Å²) >= 11 is 0. The Bertz CT molecular complexity index is 581. The van der Waals surface area contributed by atoms with Crippen LogP contribution in [0.3, 0.4) is 0 Å². The average Bonchev–Trinajstić information content (AvgIpc) is 3.43. The van der Waals surface area contributed by atoms with E-state index in [2.05, 4.69) is 10.6 Å². The van der Waals surface area contributed by atoms with Crippen LogP contribution >= 0.6 is 12.4 Å². The Kier molecular flexibility index (Phi) is 6.63. The monoisotopic (exact) mass is 351 g/mol. The molecule has 1 heterocycles. The third-order valence-corrected chi connectivity index (χ3v) is 4.77. The van der Waals surface area contributed by atoms with Crippen molar-refractivity contribution in [3.8, 4) is 0 Å². The molecular weight excluding hydrogens is 326 g/mol. The maximum Gasteiger partial charge on any atom is 0.253 e. The van der Waals surface area contributed by atoms with Gasteiger partial charge in [0.25, 0.3) is 11.8 Å². The first kappa shape index (κ1) is 18.7. The Morgan fingerprint density at radius 2 is 1.79 bits per heavy atom. The van der Waals surface area contributed by atoms with Crippen molar-refractivity contribution in [1.29, 1.82) is 0 Å². The highest BCUT2D eigenvalue weighted by molar-refractivity contribution is 5.99. The van der Waals surface area contributed by atoms with Crippen LogP contribution in [0.1, 0.15) is 46.4 Å². The predicted molar refractivity (Wildman–Crippen MR) is 96.7 cm³/mol. The normalized spacial score (nSPS) is 18.0. The number of halogens is 1. The first-order chi connectivity index (χ1) is 11.2. The lowest BCUT2D eigenvalue weighted by molar-refractivity contribution is 0.0705. The molecule has 2 fully saturated rings. The van der Waals surface area contributed by atoms with E-state index in [0.29, 0.717) is 17.2 Å². The second kappa shape index (κ2) is 8.49. The molecule has 0 radical (unpaired) electrons. The summed E-state index contributed by atoms with van der Waals surface area (Å²) in [7, 11) is 1.59. The molecular formula is C18H26ClN3O2. The minimum atomic E-state index is -0.164. The van der Waals surface area contributed by atoms with Gasteiger partial charge in [0.2, 0.25) is 0 Å². The van der Waals surface area contributed by atoms with Gasteiger partial charge in [-0.2, -0.15) is 0 Å². The van der Waals surface area contributed by atoms with Crippen LogP contribution < -0.4 is 10.6 Å². The van der Waals surface area contributed by atoms with E-state index in [0.717, 1.165) is 38.4 Å². The summed E-state index contributed by atoms with van der Waals surface area (Å²) in [4.78, 5) is 26.2. The Morgan fingerprint density at radius 1 is 1.12 bits per heavy atom. The fourth-order valence-corrected chi connectivity index (χ4v) is 3.06. The maximum atomic E-state index is 12.6. The standard InChI is InChI=1S/C18H25N3O2.ClH/c1-19-17(22)14-3-2-4-15(11-14)18(23)21-9-7-16(8-10-21)20-12-13-5-6-13;/h2-4,11,13,16,20H,5-10,12H2,1H3,(H,19,22);1H. The van der Waals surface area contributed by atoms with Gasteiger partial charge in [-0.05, 0) is 56.3 Å². The molecule has 1 aliphatic carbocycles. The first-order valence-corrected chi connectivity index (χ1v) is 8.52. The number of carbonyl (C=O) groups is 2. The highest BCUT2D eigenvalue weighted by Gasteiger charge is 2.26. The molecule has 1 aliphatic heterocycles. The molecule has 2 aliphatic rings. The third kappa shape index (κ3) is 4.71. The van der Waals surface area contributed by atoms with Crippen molar-refractivity contribution in [3.05, 3.63) is 35.4 Å². The van der Waals surface area contributed by atoms with E-state index in [4.69, 9.17) is 0 Å². The average molecular weight is 352 g/mol. The summed E-state index contributed by atoms with van der Waals surface area (Å²) < 4.78 is 0. The smallest absolute Gasteiger partial charge is 0.253 e. The van der Waals surface area contributed by atoms with Crippen molar-refractivity contribution in [1.82, 2.24) is 15.5 Å². The zero-order valence-corrected chi connectivity index (χ0v) is 14.9. The summed E-state index contributed by atoms with van der Waals surface area (Å²) in [6.07, 6.45) is 4.75. The number of benzene rings is 1. The summed E-state index contributed by atoms with van der Waals surface area (Å²) in [5, 5.41) is 6.21. The van der Waals surface area contributed by atoms with E-state index in [1.807, 2.05) is 4.90 Å². The minimum absolute atomic E-state index is 0. The molecule has 0 aromatic heterocycles. The quantitative estimate of drug-likeness (QED) is 0.853. The molecule has 1 saturated carbocycles.